The van der Waals surface area contributed by atoms with Crippen LogP contribution < -0.4 is 10.1 Å². The molecule has 4 nitrogen and oxygen atoms in total. The lowest BCUT2D eigenvalue weighted by Crippen LogP contribution is -2.42. The molecule has 166 valence electrons. The number of amides is 2. The number of thiophene rings is 1. The van der Waals surface area contributed by atoms with Gasteiger partial charge in [0, 0.05) is 16.3 Å². The summed E-state index contributed by atoms with van der Waals surface area (Å²) < 4.78 is 19.4. The average Bonchev–Trinajstić information content (AvgIpc) is 3.19. The summed E-state index contributed by atoms with van der Waals surface area (Å²) in [4.78, 5) is 18.1. The number of halogens is 1. The van der Waals surface area contributed by atoms with Crippen molar-refractivity contribution in [2.45, 2.75) is 45.1 Å². The van der Waals surface area contributed by atoms with E-state index in [1.54, 1.807) is 0 Å². The molecule has 0 fully saturated rings. The van der Waals surface area contributed by atoms with E-state index in [0.29, 0.717) is 24.6 Å². The fourth-order valence-corrected chi connectivity index (χ4v) is 6.47. The minimum absolute atomic E-state index is 0.163. The van der Waals surface area contributed by atoms with E-state index in [0.717, 1.165) is 24.8 Å². The van der Waals surface area contributed by atoms with Crippen molar-refractivity contribution in [2.24, 2.45) is 0 Å². The molecular weight excluding hydrogens is 423 g/mol. The summed E-state index contributed by atoms with van der Waals surface area (Å²) in [6.45, 7) is 3.08. The standard InChI is InChI=1S/C26H27FN2O2S/c1-2-31-22-9-5-4-8-21(22)28-26(30)29-16-15-20-19-7-3-6-10-23(19)32-25(20)24(29)17-11-13-18(27)14-12-17/h4-5,8-9,11-14,24H,2-3,6-7,10,15-16H2,1H3,(H,28,30)/t24-/m1/s1. The summed E-state index contributed by atoms with van der Waals surface area (Å²) in [5, 5.41) is 3.06. The fraction of sp³-hybridized carbons (Fsp3) is 0.346. The van der Waals surface area contributed by atoms with Crippen molar-refractivity contribution in [3.63, 3.8) is 0 Å². The van der Waals surface area contributed by atoms with Crippen LogP contribution in [-0.4, -0.2) is 24.1 Å². The van der Waals surface area contributed by atoms with Crippen LogP contribution in [0.1, 0.15) is 52.3 Å². The number of aryl methyl sites for hydroxylation is 1. The van der Waals surface area contributed by atoms with Crippen LogP contribution in [0.4, 0.5) is 14.9 Å². The lowest BCUT2D eigenvalue weighted by Gasteiger charge is -2.36. The Hall–Kier alpha value is -2.86. The molecule has 0 bridgehead atoms. The van der Waals surface area contributed by atoms with Crippen molar-refractivity contribution in [1.82, 2.24) is 4.90 Å². The Kier molecular flexibility index (Phi) is 5.87. The van der Waals surface area contributed by atoms with Crippen molar-refractivity contribution >= 4 is 23.1 Å². The molecule has 1 atom stereocenters. The van der Waals surface area contributed by atoms with E-state index in [-0.39, 0.29) is 17.9 Å². The first-order valence-electron chi connectivity index (χ1n) is 11.3. The summed E-state index contributed by atoms with van der Waals surface area (Å²) in [7, 11) is 0. The number of hydrogen-bond donors (Lipinski definition) is 1. The number of anilines is 1. The van der Waals surface area contributed by atoms with E-state index in [4.69, 9.17) is 4.74 Å². The molecule has 2 aliphatic rings. The average molecular weight is 451 g/mol. The van der Waals surface area contributed by atoms with Crippen molar-refractivity contribution in [1.29, 1.82) is 0 Å². The van der Waals surface area contributed by atoms with Gasteiger partial charge in [0.05, 0.1) is 18.3 Å². The van der Waals surface area contributed by atoms with Gasteiger partial charge in [0.15, 0.2) is 0 Å². The maximum absolute atomic E-state index is 13.7. The molecular formula is C26H27FN2O2S. The molecule has 2 heterocycles. The minimum Gasteiger partial charge on any atom is -0.492 e. The Morgan fingerprint density at radius 3 is 2.69 bits per heavy atom. The van der Waals surface area contributed by atoms with Gasteiger partial charge in [-0.05, 0) is 80.0 Å². The number of fused-ring (bicyclic) bond motifs is 3. The highest BCUT2D eigenvalue weighted by molar-refractivity contribution is 7.12. The zero-order valence-electron chi connectivity index (χ0n) is 18.2. The monoisotopic (exact) mass is 450 g/mol. The van der Waals surface area contributed by atoms with Crippen LogP contribution in [-0.2, 0) is 19.3 Å². The van der Waals surface area contributed by atoms with Crippen LogP contribution in [0.3, 0.4) is 0 Å². The van der Waals surface area contributed by atoms with E-state index < -0.39 is 0 Å². The molecule has 1 aromatic heterocycles. The number of nitrogens with zero attached hydrogens (tertiary/aromatic N) is 1. The van der Waals surface area contributed by atoms with Crippen molar-refractivity contribution < 1.29 is 13.9 Å². The van der Waals surface area contributed by atoms with E-state index in [9.17, 15) is 9.18 Å². The zero-order chi connectivity index (χ0) is 22.1. The van der Waals surface area contributed by atoms with E-state index in [2.05, 4.69) is 5.32 Å². The van der Waals surface area contributed by atoms with E-state index in [1.807, 2.05) is 59.6 Å². The van der Waals surface area contributed by atoms with Crippen LogP contribution in [0.5, 0.6) is 5.75 Å². The maximum Gasteiger partial charge on any atom is 0.322 e. The van der Waals surface area contributed by atoms with Crippen molar-refractivity contribution in [2.75, 3.05) is 18.5 Å². The Morgan fingerprint density at radius 1 is 1.09 bits per heavy atom. The van der Waals surface area contributed by atoms with Gasteiger partial charge in [0.25, 0.3) is 0 Å². The van der Waals surface area contributed by atoms with Gasteiger partial charge >= 0.3 is 6.03 Å². The molecule has 1 aliphatic carbocycles. The SMILES string of the molecule is CCOc1ccccc1NC(=O)N1CCc2c(sc3c2CCCC3)[C@H]1c1ccc(F)cc1. The van der Waals surface area contributed by atoms with Gasteiger partial charge in [-0.15, -0.1) is 11.3 Å². The second-order valence-electron chi connectivity index (χ2n) is 8.31. The number of para-hydroxylation sites is 2. The molecule has 0 saturated heterocycles. The Labute approximate surface area is 192 Å². The number of nitrogens with one attached hydrogen (secondary N) is 1. The number of rotatable bonds is 4. The van der Waals surface area contributed by atoms with Gasteiger partial charge in [0.1, 0.15) is 11.6 Å². The number of urea groups is 1. The third-order valence-electron chi connectivity index (χ3n) is 6.35. The first-order chi connectivity index (χ1) is 15.7. The zero-order valence-corrected chi connectivity index (χ0v) is 19.0. The quantitative estimate of drug-likeness (QED) is 0.504. The van der Waals surface area contributed by atoms with E-state index >= 15 is 0 Å². The van der Waals surface area contributed by atoms with Crippen LogP contribution in [0.15, 0.2) is 48.5 Å². The Morgan fingerprint density at radius 2 is 1.88 bits per heavy atom. The summed E-state index contributed by atoms with van der Waals surface area (Å²) in [6, 6.07) is 13.7. The first-order valence-corrected chi connectivity index (χ1v) is 12.2. The van der Waals surface area contributed by atoms with Crippen LogP contribution >= 0.6 is 11.3 Å². The third-order valence-corrected chi connectivity index (χ3v) is 7.74. The van der Waals surface area contributed by atoms with Crippen LogP contribution in [0.2, 0.25) is 0 Å². The second kappa shape index (κ2) is 8.94. The highest BCUT2D eigenvalue weighted by atomic mass is 32.1. The van der Waals surface area contributed by atoms with Gasteiger partial charge in [0.2, 0.25) is 0 Å². The number of carbonyl (C=O) groups excluding carboxylic acids is 1. The summed E-state index contributed by atoms with van der Waals surface area (Å²) in [5.74, 6) is 0.392. The van der Waals surface area contributed by atoms with Crippen LogP contribution in [0, 0.1) is 5.82 Å². The highest BCUT2D eigenvalue weighted by Crippen LogP contribution is 2.45. The summed E-state index contributed by atoms with van der Waals surface area (Å²) in [5.41, 5.74) is 4.52. The molecule has 0 spiro atoms. The molecule has 1 aliphatic heterocycles. The van der Waals surface area contributed by atoms with Gasteiger partial charge in [-0.2, -0.15) is 0 Å². The highest BCUT2D eigenvalue weighted by Gasteiger charge is 2.36. The topological polar surface area (TPSA) is 41.6 Å². The predicted octanol–water partition coefficient (Wildman–Crippen LogP) is 6.34. The molecule has 1 N–H and O–H groups in total. The van der Waals surface area contributed by atoms with Gasteiger partial charge in [-0.1, -0.05) is 24.3 Å². The van der Waals surface area contributed by atoms with Gasteiger partial charge < -0.3 is 15.0 Å². The first kappa shape index (κ1) is 21.0. The third kappa shape index (κ3) is 3.88. The Balaban J connectivity index is 1.52. The summed E-state index contributed by atoms with van der Waals surface area (Å²) in [6.07, 6.45) is 5.57. The Bertz CT molecular complexity index is 1130. The molecule has 2 aromatic carbocycles. The molecule has 6 heteroatoms. The molecule has 3 aromatic rings. The van der Waals surface area contributed by atoms with Crippen molar-refractivity contribution in [3.05, 3.63) is 80.8 Å². The maximum atomic E-state index is 13.7. The molecule has 0 unspecified atom stereocenters. The lowest BCUT2D eigenvalue weighted by atomic mass is 9.88. The molecule has 32 heavy (non-hydrogen) atoms. The van der Waals surface area contributed by atoms with Crippen molar-refractivity contribution in [3.8, 4) is 5.75 Å². The van der Waals surface area contributed by atoms with E-state index in [1.165, 1.54) is 45.9 Å². The smallest absolute Gasteiger partial charge is 0.322 e. The molecule has 0 radical (unpaired) electrons. The van der Waals surface area contributed by atoms with Crippen LogP contribution in [0.25, 0.3) is 0 Å². The predicted molar refractivity (Wildman–Crippen MR) is 126 cm³/mol. The summed E-state index contributed by atoms with van der Waals surface area (Å²) >= 11 is 1.84. The second-order valence-corrected chi connectivity index (χ2v) is 9.45. The number of benzene rings is 2. The number of ether oxygens (including phenoxy) is 1. The normalized spacial score (nSPS) is 17.4. The number of hydrogen-bond acceptors (Lipinski definition) is 3. The lowest BCUT2D eigenvalue weighted by molar-refractivity contribution is 0.195. The minimum atomic E-state index is -0.267. The van der Waals surface area contributed by atoms with Gasteiger partial charge in [-0.25, -0.2) is 9.18 Å². The molecule has 0 saturated carbocycles. The molecule has 5 rings (SSSR count). The number of carbonyl (C=O) groups is 1. The van der Waals surface area contributed by atoms with Gasteiger partial charge in [-0.3, -0.25) is 0 Å². The largest absolute Gasteiger partial charge is 0.492 e. The fourth-order valence-electron chi connectivity index (χ4n) is 4.88. The molecule has 2 amide bonds.